The predicted molar refractivity (Wildman–Crippen MR) is 131 cm³/mol. The Bertz CT molecular complexity index is 971. The summed E-state index contributed by atoms with van der Waals surface area (Å²) in [5, 5.41) is 20.3. The average molecular weight is 456 g/mol. The number of rotatable bonds is 11. The van der Waals surface area contributed by atoms with Gasteiger partial charge in [-0.05, 0) is 55.3 Å². The lowest BCUT2D eigenvalue weighted by molar-refractivity contribution is 0.186. The van der Waals surface area contributed by atoms with Crippen molar-refractivity contribution in [3.63, 3.8) is 0 Å². The van der Waals surface area contributed by atoms with E-state index in [0.29, 0.717) is 18.8 Å². The van der Waals surface area contributed by atoms with Gasteiger partial charge in [-0.1, -0.05) is 32.4 Å². The first-order valence-electron chi connectivity index (χ1n) is 11.7. The van der Waals surface area contributed by atoms with E-state index in [4.69, 9.17) is 14.2 Å². The average Bonchev–Trinajstić information content (AvgIpc) is 3.15. The number of benzene rings is 2. The Morgan fingerprint density at radius 2 is 1.85 bits per heavy atom. The van der Waals surface area contributed by atoms with Crippen molar-refractivity contribution in [2.75, 3.05) is 33.9 Å². The highest BCUT2D eigenvalue weighted by atomic mass is 16.5. The van der Waals surface area contributed by atoms with Crippen molar-refractivity contribution in [3.05, 3.63) is 52.6 Å². The lowest BCUT2D eigenvalue weighted by atomic mass is 9.90. The van der Waals surface area contributed by atoms with Gasteiger partial charge in [-0.3, -0.25) is 4.90 Å². The molecule has 0 spiro atoms. The minimum Gasteiger partial charge on any atom is -0.504 e. The lowest BCUT2D eigenvalue weighted by Gasteiger charge is -2.24. The molecule has 0 amide bonds. The molecule has 3 rings (SSSR count). The second kappa shape index (κ2) is 11.4. The number of aliphatic hydroxyl groups is 1. The van der Waals surface area contributed by atoms with Gasteiger partial charge in [0.15, 0.2) is 23.0 Å². The summed E-state index contributed by atoms with van der Waals surface area (Å²) in [6, 6.07) is 7.99. The summed E-state index contributed by atoms with van der Waals surface area (Å²) >= 11 is 0. The van der Waals surface area contributed by atoms with Gasteiger partial charge in [0.05, 0.1) is 20.8 Å². The normalized spacial score (nSPS) is 17.4. The van der Waals surface area contributed by atoms with Crippen molar-refractivity contribution < 1.29 is 24.4 Å². The van der Waals surface area contributed by atoms with Gasteiger partial charge in [0, 0.05) is 30.1 Å². The van der Waals surface area contributed by atoms with E-state index in [-0.39, 0.29) is 24.4 Å². The van der Waals surface area contributed by atoms with Crippen LogP contribution < -0.4 is 14.2 Å². The Morgan fingerprint density at radius 3 is 2.48 bits per heavy atom. The second-order valence-corrected chi connectivity index (χ2v) is 8.55. The number of fused-ring (bicyclic) bond motifs is 1. The molecule has 1 heterocycles. The van der Waals surface area contributed by atoms with Crippen LogP contribution >= 0.6 is 0 Å². The molecule has 0 aliphatic carbocycles. The highest BCUT2D eigenvalue weighted by Crippen LogP contribution is 2.51. The molecule has 2 aromatic rings. The monoisotopic (exact) mass is 455 g/mol. The minimum atomic E-state index is -0.232. The van der Waals surface area contributed by atoms with E-state index < -0.39 is 0 Å². The zero-order valence-corrected chi connectivity index (χ0v) is 20.4. The largest absolute Gasteiger partial charge is 0.504 e. The zero-order chi connectivity index (χ0) is 24.0. The Hall–Kier alpha value is -2.70. The van der Waals surface area contributed by atoms with Gasteiger partial charge in [-0.2, -0.15) is 0 Å². The number of methoxy groups -OCH3 is 2. The first kappa shape index (κ1) is 24.9. The number of nitrogens with zero attached hydrogens (tertiary/aromatic N) is 1. The smallest absolute Gasteiger partial charge is 0.165 e. The number of allylic oxidation sites excluding steroid dienone is 1. The Morgan fingerprint density at radius 1 is 1.09 bits per heavy atom. The van der Waals surface area contributed by atoms with Gasteiger partial charge >= 0.3 is 0 Å². The van der Waals surface area contributed by atoms with E-state index in [0.717, 1.165) is 53.1 Å². The number of phenols is 1. The van der Waals surface area contributed by atoms with Gasteiger partial charge in [-0.15, -0.1) is 0 Å². The maximum atomic E-state index is 10.8. The van der Waals surface area contributed by atoms with E-state index >= 15 is 0 Å². The van der Waals surface area contributed by atoms with Crippen molar-refractivity contribution in [2.45, 2.75) is 52.2 Å². The molecule has 33 heavy (non-hydrogen) atoms. The fraction of sp³-hybridized carbons (Fsp3) is 0.481. The van der Waals surface area contributed by atoms with Crippen LogP contribution in [0.4, 0.5) is 0 Å². The summed E-state index contributed by atoms with van der Waals surface area (Å²) in [6.45, 7) is 8.30. The topological polar surface area (TPSA) is 71.4 Å². The molecule has 0 saturated heterocycles. The van der Waals surface area contributed by atoms with Gasteiger partial charge in [0.25, 0.3) is 0 Å². The second-order valence-electron chi connectivity index (χ2n) is 8.55. The third-order valence-electron chi connectivity index (χ3n) is 6.24. The molecule has 2 N–H and O–H groups in total. The maximum Gasteiger partial charge on any atom is 0.165 e. The molecule has 0 radical (unpaired) electrons. The fourth-order valence-electron chi connectivity index (χ4n) is 4.46. The Kier molecular flexibility index (Phi) is 8.64. The van der Waals surface area contributed by atoms with Gasteiger partial charge < -0.3 is 24.4 Å². The standard InChI is InChI=1S/C27H37NO5/c1-6-8-10-28(11-12-29)17-21-15-20(16-23(31-4)25(21)30)26-18(3)22-13-19(9-7-2)14-24(32-5)27(22)33-26/h7,9,13-16,18,26,29-30H,6,8,10-12,17H2,1-5H3/b9-7+/t18-,26-/m0/s1. The molecule has 2 atom stereocenters. The van der Waals surface area contributed by atoms with Gasteiger partial charge in [-0.25, -0.2) is 0 Å². The van der Waals surface area contributed by atoms with E-state index in [2.05, 4.69) is 30.9 Å². The molecule has 1 aliphatic rings. The molecule has 180 valence electrons. The predicted octanol–water partition coefficient (Wildman–Crippen LogP) is 5.27. The van der Waals surface area contributed by atoms with Crippen molar-refractivity contribution in [2.24, 2.45) is 0 Å². The number of aliphatic hydroxyl groups excluding tert-OH is 1. The van der Waals surface area contributed by atoms with Crippen LogP contribution in [0.15, 0.2) is 30.3 Å². The summed E-state index contributed by atoms with van der Waals surface area (Å²) in [5.74, 6) is 2.14. The molecule has 2 aromatic carbocycles. The van der Waals surface area contributed by atoms with E-state index in [1.807, 2.05) is 31.2 Å². The molecule has 0 aromatic heterocycles. The van der Waals surface area contributed by atoms with Crippen LogP contribution in [0.3, 0.4) is 0 Å². The van der Waals surface area contributed by atoms with Crippen LogP contribution in [0.1, 0.15) is 67.9 Å². The Balaban J connectivity index is 1.97. The molecular formula is C27H37NO5. The minimum absolute atomic E-state index is 0.0771. The third kappa shape index (κ3) is 5.45. The SMILES string of the molecule is C/C=C/c1cc(OC)c2c(c1)[C@H](C)[C@@H](c1cc(CN(CCO)CCCC)c(O)c(OC)c1)O2. The van der Waals surface area contributed by atoms with Gasteiger partial charge in [0.2, 0.25) is 0 Å². The fourth-order valence-corrected chi connectivity index (χ4v) is 4.46. The van der Waals surface area contributed by atoms with Crippen molar-refractivity contribution in [1.82, 2.24) is 4.90 Å². The third-order valence-corrected chi connectivity index (χ3v) is 6.24. The van der Waals surface area contributed by atoms with Crippen LogP contribution in [0, 0.1) is 0 Å². The maximum absolute atomic E-state index is 10.8. The molecule has 0 unspecified atom stereocenters. The molecule has 1 aliphatic heterocycles. The van der Waals surface area contributed by atoms with Crippen molar-refractivity contribution in [1.29, 1.82) is 0 Å². The number of unbranched alkanes of at least 4 members (excludes halogenated alkanes) is 1. The number of aromatic hydroxyl groups is 1. The summed E-state index contributed by atoms with van der Waals surface area (Å²) in [7, 11) is 3.22. The van der Waals surface area contributed by atoms with Crippen LogP contribution in [-0.4, -0.2) is 49.0 Å². The molecule has 6 nitrogen and oxygen atoms in total. The number of hydrogen-bond donors (Lipinski definition) is 2. The summed E-state index contributed by atoms with van der Waals surface area (Å²) in [5.41, 5.74) is 3.88. The zero-order valence-electron chi connectivity index (χ0n) is 20.4. The Labute approximate surface area is 197 Å². The number of ether oxygens (including phenoxy) is 3. The van der Waals surface area contributed by atoms with Crippen molar-refractivity contribution in [3.8, 4) is 23.0 Å². The van der Waals surface area contributed by atoms with Gasteiger partial charge in [0.1, 0.15) is 6.10 Å². The van der Waals surface area contributed by atoms with E-state index in [1.54, 1.807) is 14.2 Å². The molecular weight excluding hydrogens is 418 g/mol. The summed E-state index contributed by atoms with van der Waals surface area (Å²) in [4.78, 5) is 2.15. The van der Waals surface area contributed by atoms with Crippen LogP contribution in [0.5, 0.6) is 23.0 Å². The number of phenolic OH excluding ortho intramolecular Hbond substituents is 1. The molecule has 0 bridgehead atoms. The number of hydrogen-bond acceptors (Lipinski definition) is 6. The van der Waals surface area contributed by atoms with E-state index in [9.17, 15) is 10.2 Å². The summed E-state index contributed by atoms with van der Waals surface area (Å²) < 4.78 is 17.6. The first-order chi connectivity index (χ1) is 16.0. The van der Waals surface area contributed by atoms with Crippen LogP contribution in [-0.2, 0) is 6.54 Å². The molecule has 0 fully saturated rings. The summed E-state index contributed by atoms with van der Waals surface area (Å²) in [6.07, 6.45) is 5.93. The molecule has 0 saturated carbocycles. The van der Waals surface area contributed by atoms with Crippen LogP contribution in [0.2, 0.25) is 0 Å². The van der Waals surface area contributed by atoms with Crippen LogP contribution in [0.25, 0.3) is 6.08 Å². The highest BCUT2D eigenvalue weighted by molar-refractivity contribution is 5.62. The van der Waals surface area contributed by atoms with Crippen molar-refractivity contribution >= 4 is 6.08 Å². The highest BCUT2D eigenvalue weighted by Gasteiger charge is 2.36. The van der Waals surface area contributed by atoms with E-state index in [1.165, 1.54) is 0 Å². The lowest BCUT2D eigenvalue weighted by Crippen LogP contribution is -2.27. The quantitative estimate of drug-likeness (QED) is 0.481. The first-order valence-corrected chi connectivity index (χ1v) is 11.7. The molecule has 6 heteroatoms.